The van der Waals surface area contributed by atoms with E-state index in [1.54, 1.807) is 18.2 Å². The first kappa shape index (κ1) is 14.6. The highest BCUT2D eigenvalue weighted by Gasteiger charge is 2.24. The Bertz CT molecular complexity index is 521. The van der Waals surface area contributed by atoms with Gasteiger partial charge in [0.1, 0.15) is 0 Å². The predicted molar refractivity (Wildman–Crippen MR) is 78.5 cm³/mol. The summed E-state index contributed by atoms with van der Waals surface area (Å²) < 4.78 is 0. The van der Waals surface area contributed by atoms with Gasteiger partial charge in [0.15, 0.2) is 0 Å². The fourth-order valence-corrected chi connectivity index (χ4v) is 2.18. The quantitative estimate of drug-likeness (QED) is 0.704. The van der Waals surface area contributed by atoms with Gasteiger partial charge in [-0.15, -0.1) is 0 Å². The summed E-state index contributed by atoms with van der Waals surface area (Å²) >= 11 is 6.11. The number of carbonyl (C=O) groups excluding carboxylic acids is 2. The molecule has 0 bridgehead atoms. The van der Waals surface area contributed by atoms with Crippen molar-refractivity contribution in [3.8, 4) is 0 Å². The molecule has 6 nitrogen and oxygen atoms in total. The summed E-state index contributed by atoms with van der Waals surface area (Å²) in [6.07, 6.45) is 0. The molecule has 0 unspecified atom stereocenters. The average Bonchev–Trinajstić information content (AvgIpc) is 2.85. The normalized spacial score (nSPS) is 14.3. The highest BCUT2D eigenvalue weighted by atomic mass is 35.5. The Morgan fingerprint density at radius 1 is 1.45 bits per heavy atom. The second-order valence-corrected chi connectivity index (χ2v) is 4.82. The first-order chi connectivity index (χ1) is 9.63. The number of benzene rings is 1. The lowest BCUT2D eigenvalue weighted by Gasteiger charge is -2.17. The summed E-state index contributed by atoms with van der Waals surface area (Å²) in [6.45, 7) is 2.36. The van der Waals surface area contributed by atoms with Crippen LogP contribution < -0.4 is 20.9 Å². The summed E-state index contributed by atoms with van der Waals surface area (Å²) in [5, 5.41) is 8.89. The van der Waals surface area contributed by atoms with Crippen molar-refractivity contribution < 1.29 is 9.59 Å². The maximum absolute atomic E-state index is 12.0. The molecule has 0 saturated carbocycles. The molecule has 3 N–H and O–H groups in total. The van der Waals surface area contributed by atoms with Crippen LogP contribution in [0.4, 0.5) is 10.5 Å². The summed E-state index contributed by atoms with van der Waals surface area (Å²) in [5.74, 6) is -0.183. The number of nitrogens with zero attached hydrogens (tertiary/aromatic N) is 1. The molecule has 0 spiro atoms. The Morgan fingerprint density at radius 2 is 2.25 bits per heavy atom. The minimum Gasteiger partial charge on any atom is -0.351 e. The van der Waals surface area contributed by atoms with Gasteiger partial charge < -0.3 is 16.0 Å². The SMILES string of the molecule is CNCCNC(=O)c1ccc(Cl)c(N2CCNC2=O)c1. The number of rotatable bonds is 5. The highest BCUT2D eigenvalue weighted by Crippen LogP contribution is 2.28. The fraction of sp³-hybridized carbons (Fsp3) is 0.385. The first-order valence-corrected chi connectivity index (χ1v) is 6.79. The third-order valence-electron chi connectivity index (χ3n) is 3.02. The molecule has 0 aromatic heterocycles. The molecule has 1 aromatic carbocycles. The zero-order valence-electron chi connectivity index (χ0n) is 11.2. The van der Waals surface area contributed by atoms with Crippen molar-refractivity contribution in [2.45, 2.75) is 0 Å². The van der Waals surface area contributed by atoms with Crippen molar-refractivity contribution in [3.63, 3.8) is 0 Å². The lowest BCUT2D eigenvalue weighted by Crippen LogP contribution is -2.31. The van der Waals surface area contributed by atoms with Crippen LogP contribution in [0.15, 0.2) is 18.2 Å². The molecule has 2 rings (SSSR count). The lowest BCUT2D eigenvalue weighted by molar-refractivity contribution is 0.0954. The van der Waals surface area contributed by atoms with Crippen LogP contribution in [0, 0.1) is 0 Å². The molecule has 3 amide bonds. The Balaban J connectivity index is 2.15. The number of urea groups is 1. The van der Waals surface area contributed by atoms with Crippen molar-refractivity contribution in [2.75, 3.05) is 38.1 Å². The molecule has 20 heavy (non-hydrogen) atoms. The minimum atomic E-state index is -0.195. The molecular formula is C13H17ClN4O2. The van der Waals surface area contributed by atoms with Crippen molar-refractivity contribution in [1.82, 2.24) is 16.0 Å². The van der Waals surface area contributed by atoms with Gasteiger partial charge in [-0.05, 0) is 25.2 Å². The molecule has 1 aliphatic heterocycles. The van der Waals surface area contributed by atoms with Gasteiger partial charge in [0.2, 0.25) is 0 Å². The van der Waals surface area contributed by atoms with Crippen molar-refractivity contribution in [3.05, 3.63) is 28.8 Å². The van der Waals surface area contributed by atoms with E-state index in [0.717, 1.165) is 0 Å². The van der Waals surface area contributed by atoms with E-state index in [-0.39, 0.29) is 11.9 Å². The molecule has 1 heterocycles. The molecule has 1 aliphatic rings. The van der Waals surface area contributed by atoms with E-state index in [2.05, 4.69) is 16.0 Å². The number of likely N-dealkylation sites (N-methyl/N-ethyl adjacent to an activating group) is 1. The number of hydrogen-bond acceptors (Lipinski definition) is 3. The molecular weight excluding hydrogens is 280 g/mol. The molecule has 1 aromatic rings. The van der Waals surface area contributed by atoms with Crippen LogP contribution in [0.25, 0.3) is 0 Å². The van der Waals surface area contributed by atoms with Crippen LogP contribution in [-0.2, 0) is 0 Å². The largest absolute Gasteiger partial charge is 0.351 e. The molecule has 0 radical (unpaired) electrons. The summed E-state index contributed by atoms with van der Waals surface area (Å²) in [7, 11) is 1.82. The van der Waals surface area contributed by atoms with Gasteiger partial charge in [0.25, 0.3) is 5.91 Å². The van der Waals surface area contributed by atoms with Crippen molar-refractivity contribution in [2.24, 2.45) is 0 Å². The summed E-state index contributed by atoms with van der Waals surface area (Å²) in [6, 6.07) is 4.73. The average molecular weight is 297 g/mol. The van der Waals surface area contributed by atoms with Crippen LogP contribution in [0.5, 0.6) is 0 Å². The van der Waals surface area contributed by atoms with Gasteiger partial charge in [-0.1, -0.05) is 11.6 Å². The van der Waals surface area contributed by atoms with E-state index in [1.807, 2.05) is 7.05 Å². The fourth-order valence-electron chi connectivity index (χ4n) is 1.97. The first-order valence-electron chi connectivity index (χ1n) is 6.41. The smallest absolute Gasteiger partial charge is 0.322 e. The van der Waals surface area contributed by atoms with Crippen molar-refractivity contribution in [1.29, 1.82) is 0 Å². The van der Waals surface area contributed by atoms with E-state index in [4.69, 9.17) is 11.6 Å². The Morgan fingerprint density at radius 3 is 2.90 bits per heavy atom. The highest BCUT2D eigenvalue weighted by molar-refractivity contribution is 6.34. The number of nitrogens with one attached hydrogen (secondary N) is 3. The van der Waals surface area contributed by atoms with E-state index in [0.29, 0.717) is 42.5 Å². The molecule has 1 saturated heterocycles. The molecule has 7 heteroatoms. The number of anilines is 1. The second-order valence-electron chi connectivity index (χ2n) is 4.41. The molecule has 0 aliphatic carbocycles. The lowest BCUT2D eigenvalue weighted by atomic mass is 10.1. The number of halogens is 1. The molecule has 108 valence electrons. The monoisotopic (exact) mass is 296 g/mol. The van der Waals surface area contributed by atoms with Crippen LogP contribution in [0.2, 0.25) is 5.02 Å². The standard InChI is InChI=1S/C13H17ClN4O2/c1-15-4-5-16-12(19)9-2-3-10(14)11(8-9)18-7-6-17-13(18)20/h2-3,8,15H,4-7H2,1H3,(H,16,19)(H,17,20). The van der Waals surface area contributed by atoms with Gasteiger partial charge in [-0.3, -0.25) is 9.69 Å². The number of carbonyl (C=O) groups is 2. The van der Waals surface area contributed by atoms with E-state index >= 15 is 0 Å². The van der Waals surface area contributed by atoms with Crippen LogP contribution in [0.1, 0.15) is 10.4 Å². The Hall–Kier alpha value is -1.79. The van der Waals surface area contributed by atoms with Gasteiger partial charge >= 0.3 is 6.03 Å². The molecule has 0 atom stereocenters. The third-order valence-corrected chi connectivity index (χ3v) is 3.34. The van der Waals surface area contributed by atoms with Gasteiger partial charge in [0.05, 0.1) is 10.7 Å². The summed E-state index contributed by atoms with van der Waals surface area (Å²) in [5.41, 5.74) is 1.04. The Labute approximate surface area is 122 Å². The third kappa shape index (κ3) is 3.20. The van der Waals surface area contributed by atoms with Crippen molar-refractivity contribution >= 4 is 29.2 Å². The van der Waals surface area contributed by atoms with E-state index < -0.39 is 0 Å². The number of hydrogen-bond donors (Lipinski definition) is 3. The minimum absolute atomic E-state index is 0.183. The van der Waals surface area contributed by atoms with Crippen LogP contribution in [-0.4, -0.2) is 45.2 Å². The van der Waals surface area contributed by atoms with Crippen LogP contribution in [0.3, 0.4) is 0 Å². The zero-order chi connectivity index (χ0) is 14.5. The van der Waals surface area contributed by atoms with E-state index in [1.165, 1.54) is 4.90 Å². The number of amides is 3. The van der Waals surface area contributed by atoms with Gasteiger partial charge in [-0.25, -0.2) is 4.79 Å². The maximum Gasteiger partial charge on any atom is 0.322 e. The molecule has 1 fully saturated rings. The summed E-state index contributed by atoms with van der Waals surface area (Å²) in [4.78, 5) is 25.2. The Kier molecular flexibility index (Phi) is 4.81. The topological polar surface area (TPSA) is 73.5 Å². The van der Waals surface area contributed by atoms with E-state index in [9.17, 15) is 9.59 Å². The zero-order valence-corrected chi connectivity index (χ0v) is 12.0. The second kappa shape index (κ2) is 6.58. The van der Waals surface area contributed by atoms with Gasteiger partial charge in [-0.2, -0.15) is 0 Å². The van der Waals surface area contributed by atoms with Gasteiger partial charge in [0, 0.05) is 31.7 Å². The maximum atomic E-state index is 12.0. The van der Waals surface area contributed by atoms with Crippen LogP contribution >= 0.6 is 11.6 Å². The predicted octanol–water partition coefficient (Wildman–Crippen LogP) is 0.819.